The SMILES string of the molecule is CCCCC(=O)N1CSCC1C(=O)NCCC. The molecule has 17 heavy (non-hydrogen) atoms. The Labute approximate surface area is 108 Å². The topological polar surface area (TPSA) is 49.4 Å². The summed E-state index contributed by atoms with van der Waals surface area (Å²) in [7, 11) is 0. The molecule has 1 saturated heterocycles. The van der Waals surface area contributed by atoms with E-state index in [0.29, 0.717) is 18.8 Å². The van der Waals surface area contributed by atoms with E-state index in [1.807, 2.05) is 6.92 Å². The van der Waals surface area contributed by atoms with Crippen LogP contribution in [0.15, 0.2) is 0 Å². The highest BCUT2D eigenvalue weighted by Crippen LogP contribution is 2.22. The zero-order valence-corrected chi connectivity index (χ0v) is 11.5. The lowest BCUT2D eigenvalue weighted by Crippen LogP contribution is -2.47. The smallest absolute Gasteiger partial charge is 0.243 e. The molecule has 0 saturated carbocycles. The maximum absolute atomic E-state index is 11.9. The van der Waals surface area contributed by atoms with Gasteiger partial charge in [0, 0.05) is 18.7 Å². The average Bonchev–Trinajstić information content (AvgIpc) is 2.82. The standard InChI is InChI=1S/C12H22N2O2S/c1-3-5-6-11(15)14-9-17-8-10(14)12(16)13-7-4-2/h10H,3-9H2,1-2H3,(H,13,16). The highest BCUT2D eigenvalue weighted by molar-refractivity contribution is 7.99. The lowest BCUT2D eigenvalue weighted by atomic mass is 10.2. The summed E-state index contributed by atoms with van der Waals surface area (Å²) >= 11 is 1.66. The van der Waals surface area contributed by atoms with Crippen LogP contribution in [0.2, 0.25) is 0 Å². The van der Waals surface area contributed by atoms with E-state index in [2.05, 4.69) is 12.2 Å². The fourth-order valence-corrected chi connectivity index (χ4v) is 2.92. The lowest BCUT2D eigenvalue weighted by molar-refractivity contribution is -0.138. The molecule has 2 amide bonds. The Balaban J connectivity index is 2.47. The quantitative estimate of drug-likeness (QED) is 0.787. The molecule has 1 aliphatic rings. The first-order chi connectivity index (χ1) is 8.20. The van der Waals surface area contributed by atoms with Gasteiger partial charge < -0.3 is 10.2 Å². The summed E-state index contributed by atoms with van der Waals surface area (Å²) in [5.41, 5.74) is 0. The Hall–Kier alpha value is -0.710. The maximum atomic E-state index is 11.9. The first kappa shape index (κ1) is 14.4. The zero-order valence-electron chi connectivity index (χ0n) is 10.7. The van der Waals surface area contributed by atoms with Crippen molar-refractivity contribution in [2.24, 2.45) is 0 Å². The van der Waals surface area contributed by atoms with E-state index in [4.69, 9.17) is 0 Å². The largest absolute Gasteiger partial charge is 0.354 e. The Bertz CT molecular complexity index is 245. The Kier molecular flexibility index (Phi) is 6.40. The second-order valence-electron chi connectivity index (χ2n) is 4.27. The summed E-state index contributed by atoms with van der Waals surface area (Å²) in [6, 6.07) is -0.254. The predicted octanol–water partition coefficient (Wildman–Crippen LogP) is 1.60. The highest BCUT2D eigenvalue weighted by Gasteiger charge is 2.33. The molecule has 98 valence electrons. The molecule has 1 fully saturated rings. The molecule has 1 heterocycles. The van der Waals surface area contributed by atoms with E-state index in [9.17, 15) is 9.59 Å². The molecule has 0 radical (unpaired) electrons. The van der Waals surface area contributed by atoms with Gasteiger partial charge in [-0.05, 0) is 12.8 Å². The van der Waals surface area contributed by atoms with Crippen molar-refractivity contribution in [3.05, 3.63) is 0 Å². The molecule has 1 rings (SSSR count). The lowest BCUT2D eigenvalue weighted by Gasteiger charge is -2.23. The van der Waals surface area contributed by atoms with Gasteiger partial charge >= 0.3 is 0 Å². The molecule has 0 spiro atoms. The fraction of sp³-hybridized carbons (Fsp3) is 0.833. The number of hydrogen-bond donors (Lipinski definition) is 1. The summed E-state index contributed by atoms with van der Waals surface area (Å²) in [6.45, 7) is 4.78. The molecule has 0 aromatic carbocycles. The van der Waals surface area contributed by atoms with Gasteiger partial charge in [-0.15, -0.1) is 11.8 Å². The molecule has 0 aromatic heterocycles. The van der Waals surface area contributed by atoms with Crippen molar-refractivity contribution in [2.75, 3.05) is 18.2 Å². The van der Waals surface area contributed by atoms with Gasteiger partial charge in [0.05, 0.1) is 5.88 Å². The van der Waals surface area contributed by atoms with Crippen molar-refractivity contribution in [2.45, 2.75) is 45.6 Å². The third-order valence-corrected chi connectivity index (χ3v) is 3.81. The van der Waals surface area contributed by atoms with Gasteiger partial charge in [0.2, 0.25) is 11.8 Å². The van der Waals surface area contributed by atoms with Gasteiger partial charge in [-0.25, -0.2) is 0 Å². The Morgan fingerprint density at radius 2 is 2.12 bits per heavy atom. The normalized spacial score (nSPS) is 19.4. The molecule has 1 unspecified atom stereocenters. The van der Waals surface area contributed by atoms with Gasteiger partial charge in [0.1, 0.15) is 6.04 Å². The molecule has 1 aliphatic heterocycles. The highest BCUT2D eigenvalue weighted by atomic mass is 32.2. The minimum Gasteiger partial charge on any atom is -0.354 e. The van der Waals surface area contributed by atoms with Crippen molar-refractivity contribution in [1.29, 1.82) is 0 Å². The zero-order chi connectivity index (χ0) is 12.7. The van der Waals surface area contributed by atoms with E-state index >= 15 is 0 Å². The van der Waals surface area contributed by atoms with E-state index in [1.165, 1.54) is 0 Å². The van der Waals surface area contributed by atoms with E-state index in [-0.39, 0.29) is 17.9 Å². The number of rotatable bonds is 6. The van der Waals surface area contributed by atoms with Crippen molar-refractivity contribution >= 4 is 23.6 Å². The molecule has 5 heteroatoms. The number of amides is 2. The molecule has 4 nitrogen and oxygen atoms in total. The molecular formula is C12H22N2O2S. The van der Waals surface area contributed by atoms with Crippen molar-refractivity contribution < 1.29 is 9.59 Å². The van der Waals surface area contributed by atoms with Crippen LogP contribution in [0.4, 0.5) is 0 Å². The van der Waals surface area contributed by atoms with Gasteiger partial charge in [0.25, 0.3) is 0 Å². The van der Waals surface area contributed by atoms with E-state index < -0.39 is 0 Å². The van der Waals surface area contributed by atoms with Crippen LogP contribution in [-0.4, -0.2) is 40.9 Å². The van der Waals surface area contributed by atoms with Crippen molar-refractivity contribution in [1.82, 2.24) is 10.2 Å². The van der Waals surface area contributed by atoms with Crippen molar-refractivity contribution in [3.63, 3.8) is 0 Å². The maximum Gasteiger partial charge on any atom is 0.243 e. The predicted molar refractivity (Wildman–Crippen MR) is 70.8 cm³/mol. The average molecular weight is 258 g/mol. The Morgan fingerprint density at radius 3 is 2.76 bits per heavy atom. The molecule has 0 aromatic rings. The summed E-state index contributed by atoms with van der Waals surface area (Å²) in [4.78, 5) is 25.5. The summed E-state index contributed by atoms with van der Waals surface area (Å²) in [6.07, 6.45) is 3.41. The number of nitrogens with one attached hydrogen (secondary N) is 1. The molecule has 0 aliphatic carbocycles. The third kappa shape index (κ3) is 4.22. The number of hydrogen-bond acceptors (Lipinski definition) is 3. The van der Waals surface area contributed by atoms with Gasteiger partial charge in [-0.1, -0.05) is 20.3 Å². The van der Waals surface area contributed by atoms with Gasteiger partial charge in [0.15, 0.2) is 0 Å². The first-order valence-corrected chi connectivity index (χ1v) is 7.51. The minimum absolute atomic E-state index is 0.00157. The van der Waals surface area contributed by atoms with Crippen LogP contribution in [0.5, 0.6) is 0 Å². The third-order valence-electron chi connectivity index (χ3n) is 2.80. The van der Waals surface area contributed by atoms with Gasteiger partial charge in [-0.2, -0.15) is 0 Å². The second kappa shape index (κ2) is 7.58. The van der Waals surface area contributed by atoms with Crippen LogP contribution in [0, 0.1) is 0 Å². The molecule has 0 bridgehead atoms. The Morgan fingerprint density at radius 1 is 1.35 bits per heavy atom. The number of carbonyl (C=O) groups excluding carboxylic acids is 2. The van der Waals surface area contributed by atoms with E-state index in [0.717, 1.165) is 25.0 Å². The van der Waals surface area contributed by atoms with E-state index in [1.54, 1.807) is 16.7 Å². The van der Waals surface area contributed by atoms with Crippen LogP contribution in [0.1, 0.15) is 39.5 Å². The summed E-state index contributed by atoms with van der Waals surface area (Å²) < 4.78 is 0. The molecule has 1 atom stereocenters. The van der Waals surface area contributed by atoms with Crippen LogP contribution in [0.3, 0.4) is 0 Å². The van der Waals surface area contributed by atoms with Crippen LogP contribution >= 0.6 is 11.8 Å². The van der Waals surface area contributed by atoms with Crippen molar-refractivity contribution in [3.8, 4) is 0 Å². The number of unbranched alkanes of at least 4 members (excludes halogenated alkanes) is 1. The number of thioether (sulfide) groups is 1. The second-order valence-corrected chi connectivity index (χ2v) is 5.27. The van der Waals surface area contributed by atoms with Crippen LogP contribution in [-0.2, 0) is 9.59 Å². The first-order valence-electron chi connectivity index (χ1n) is 6.35. The van der Waals surface area contributed by atoms with Gasteiger partial charge in [-0.3, -0.25) is 9.59 Å². The summed E-state index contributed by atoms with van der Waals surface area (Å²) in [5.74, 6) is 1.51. The number of nitrogens with zero attached hydrogens (tertiary/aromatic N) is 1. The molecule has 1 N–H and O–H groups in total. The number of carbonyl (C=O) groups is 2. The minimum atomic E-state index is -0.254. The summed E-state index contributed by atoms with van der Waals surface area (Å²) in [5, 5.41) is 2.87. The fourth-order valence-electron chi connectivity index (χ4n) is 1.74. The molecular weight excluding hydrogens is 236 g/mol. The monoisotopic (exact) mass is 258 g/mol. The van der Waals surface area contributed by atoms with Crippen LogP contribution in [0.25, 0.3) is 0 Å². The van der Waals surface area contributed by atoms with Crippen LogP contribution < -0.4 is 5.32 Å².